The van der Waals surface area contributed by atoms with E-state index in [1.165, 1.54) is 4.90 Å². The molecule has 0 spiro atoms. The molecule has 1 aliphatic heterocycles. The number of carboxylic acid groups (broad SMARTS) is 1. The van der Waals surface area contributed by atoms with E-state index in [1.807, 2.05) is 26.8 Å². The van der Waals surface area contributed by atoms with Crippen molar-refractivity contribution in [3.05, 3.63) is 29.3 Å². The third-order valence-corrected chi connectivity index (χ3v) is 4.53. The fourth-order valence-corrected chi connectivity index (χ4v) is 3.37. The summed E-state index contributed by atoms with van der Waals surface area (Å²) in [6.07, 6.45) is -2.28. The van der Waals surface area contributed by atoms with Crippen LogP contribution in [0.4, 0.5) is 4.79 Å². The van der Waals surface area contributed by atoms with Crippen LogP contribution in [0.2, 0.25) is 0 Å². The van der Waals surface area contributed by atoms with Gasteiger partial charge in [-0.1, -0.05) is 19.9 Å². The van der Waals surface area contributed by atoms with E-state index < -0.39 is 36.0 Å². The smallest absolute Gasteiger partial charge is 0.547 e. The number of carbonyl (C=O) groups excluding carboxylic acids is 2. The molecule has 0 bridgehead atoms. The predicted molar refractivity (Wildman–Crippen MR) is 102 cm³/mol. The minimum absolute atomic E-state index is 0. The molecule has 1 unspecified atom stereocenters. The van der Waals surface area contributed by atoms with Crippen molar-refractivity contribution in [2.24, 2.45) is 5.92 Å². The maximum atomic E-state index is 13.0. The number of aryl methyl sites for hydroxylation is 1. The van der Waals surface area contributed by atoms with Crippen LogP contribution < -0.4 is 39.4 Å². The van der Waals surface area contributed by atoms with Crippen molar-refractivity contribution in [1.29, 1.82) is 0 Å². The maximum Gasteiger partial charge on any atom is 1.00 e. The van der Waals surface area contributed by atoms with Gasteiger partial charge in [-0.05, 0) is 57.7 Å². The Hall–Kier alpha value is -1.28. The van der Waals surface area contributed by atoms with E-state index in [1.54, 1.807) is 40.0 Å². The van der Waals surface area contributed by atoms with E-state index in [2.05, 4.69) is 0 Å². The molecule has 1 aromatic rings. The summed E-state index contributed by atoms with van der Waals surface area (Å²) >= 11 is 0. The van der Waals surface area contributed by atoms with Gasteiger partial charge in [-0.15, -0.1) is 0 Å². The SMILES string of the molecule is COc1ccc(C2O[C@@H](C(=O)[O-])[C@H](CC(C)C)N2C(=O)OC(C)(C)C)c(C)c1.[Na+]. The summed E-state index contributed by atoms with van der Waals surface area (Å²) in [5.74, 6) is -0.526. The van der Waals surface area contributed by atoms with E-state index >= 15 is 0 Å². The number of carboxylic acids is 1. The summed E-state index contributed by atoms with van der Waals surface area (Å²) in [5, 5.41) is 11.8. The number of carbonyl (C=O) groups is 2. The van der Waals surface area contributed by atoms with Crippen LogP contribution in [0.15, 0.2) is 18.2 Å². The van der Waals surface area contributed by atoms with Gasteiger partial charge < -0.3 is 24.1 Å². The van der Waals surface area contributed by atoms with Gasteiger partial charge in [0.25, 0.3) is 0 Å². The van der Waals surface area contributed by atoms with Gasteiger partial charge in [0.2, 0.25) is 0 Å². The maximum absolute atomic E-state index is 13.0. The van der Waals surface area contributed by atoms with Crippen LogP contribution in [-0.4, -0.2) is 41.8 Å². The zero-order valence-electron chi connectivity index (χ0n) is 18.6. The molecule has 29 heavy (non-hydrogen) atoms. The quantitative estimate of drug-likeness (QED) is 0.620. The van der Waals surface area contributed by atoms with Crippen LogP contribution in [-0.2, 0) is 14.3 Å². The molecular formula is C21H30NNaO6. The summed E-state index contributed by atoms with van der Waals surface area (Å²) in [4.78, 5) is 26.2. The molecule has 8 heteroatoms. The fraction of sp³-hybridized carbons (Fsp3) is 0.619. The number of hydrogen-bond donors (Lipinski definition) is 0. The molecule has 0 aromatic heterocycles. The first kappa shape index (κ1) is 25.8. The van der Waals surface area contributed by atoms with E-state index in [9.17, 15) is 14.7 Å². The van der Waals surface area contributed by atoms with Crippen molar-refractivity contribution in [3.63, 3.8) is 0 Å². The number of benzene rings is 1. The molecule has 156 valence electrons. The molecular weight excluding hydrogens is 385 g/mol. The standard InChI is InChI=1S/C21H31NO6.Na/c1-12(2)10-16-17(19(23)24)27-18(22(16)20(25)28-21(4,5)6)15-9-8-14(26-7)11-13(15)3;/h8-9,11-12,16-18H,10H2,1-7H3,(H,23,24);/q;+1/p-1/t16-,17+,18?;/m0./s1. The number of methoxy groups -OCH3 is 1. The first-order valence-electron chi connectivity index (χ1n) is 9.46. The Morgan fingerprint density at radius 1 is 1.28 bits per heavy atom. The van der Waals surface area contributed by atoms with Crippen molar-refractivity contribution < 1.29 is 58.5 Å². The second kappa shape index (κ2) is 10.2. The topological polar surface area (TPSA) is 88.1 Å². The van der Waals surface area contributed by atoms with Crippen molar-refractivity contribution in [2.45, 2.75) is 71.9 Å². The van der Waals surface area contributed by atoms with Gasteiger partial charge in [0.1, 0.15) is 17.5 Å². The van der Waals surface area contributed by atoms with Crippen molar-refractivity contribution >= 4 is 12.1 Å². The molecule has 0 aliphatic carbocycles. The van der Waals surface area contributed by atoms with Crippen LogP contribution in [0.25, 0.3) is 0 Å². The average molecular weight is 415 g/mol. The number of rotatable bonds is 5. The number of hydrogen-bond acceptors (Lipinski definition) is 6. The minimum atomic E-state index is -1.34. The molecule has 1 amide bonds. The summed E-state index contributed by atoms with van der Waals surface area (Å²) in [7, 11) is 1.57. The Labute approximate surface area is 195 Å². The monoisotopic (exact) mass is 415 g/mol. The van der Waals surface area contributed by atoms with Gasteiger partial charge in [-0.3, -0.25) is 4.90 Å². The third-order valence-electron chi connectivity index (χ3n) is 4.53. The van der Waals surface area contributed by atoms with E-state index in [0.717, 1.165) is 5.56 Å². The first-order valence-corrected chi connectivity index (χ1v) is 9.46. The first-order chi connectivity index (χ1) is 12.9. The van der Waals surface area contributed by atoms with Gasteiger partial charge in [0.05, 0.1) is 19.1 Å². The molecule has 0 N–H and O–H groups in total. The normalized spacial score (nSPS) is 21.7. The second-order valence-electron chi connectivity index (χ2n) is 8.54. The Bertz CT molecular complexity index is 730. The van der Waals surface area contributed by atoms with Gasteiger partial charge in [-0.25, -0.2) is 4.79 Å². The van der Waals surface area contributed by atoms with E-state index in [4.69, 9.17) is 14.2 Å². The third kappa shape index (κ3) is 6.35. The van der Waals surface area contributed by atoms with Gasteiger partial charge in [0, 0.05) is 5.56 Å². The average Bonchev–Trinajstić information content (AvgIpc) is 2.91. The summed E-state index contributed by atoms with van der Waals surface area (Å²) in [6, 6.07) is 4.66. The Kier molecular flexibility index (Phi) is 9.02. The molecule has 0 saturated carbocycles. The molecule has 1 saturated heterocycles. The minimum Gasteiger partial charge on any atom is -0.547 e. The van der Waals surface area contributed by atoms with Gasteiger partial charge in [0.15, 0.2) is 6.23 Å². The second-order valence-corrected chi connectivity index (χ2v) is 8.54. The molecule has 3 atom stereocenters. The Morgan fingerprint density at radius 3 is 2.34 bits per heavy atom. The van der Waals surface area contributed by atoms with Crippen LogP contribution in [0, 0.1) is 12.8 Å². The number of amides is 1. The fourth-order valence-electron chi connectivity index (χ4n) is 3.37. The Balaban J connectivity index is 0.00000420. The molecule has 7 nitrogen and oxygen atoms in total. The van der Waals surface area contributed by atoms with Crippen molar-refractivity contribution in [2.75, 3.05) is 7.11 Å². The predicted octanol–water partition coefficient (Wildman–Crippen LogP) is -0.193. The molecule has 1 aliphatic rings. The number of aliphatic carboxylic acids is 1. The molecule has 1 aromatic carbocycles. The van der Waals surface area contributed by atoms with Gasteiger partial charge >= 0.3 is 35.7 Å². The summed E-state index contributed by atoms with van der Waals surface area (Å²) < 4.78 is 16.7. The van der Waals surface area contributed by atoms with Gasteiger partial charge in [-0.2, -0.15) is 0 Å². The molecule has 1 fully saturated rings. The largest absolute Gasteiger partial charge is 1.00 e. The molecule has 2 rings (SSSR count). The van der Waals surface area contributed by atoms with Crippen molar-refractivity contribution in [3.8, 4) is 5.75 Å². The molecule has 0 radical (unpaired) electrons. The zero-order valence-corrected chi connectivity index (χ0v) is 20.6. The van der Waals surface area contributed by atoms with Crippen molar-refractivity contribution in [1.82, 2.24) is 4.90 Å². The van der Waals surface area contributed by atoms with E-state index in [-0.39, 0.29) is 35.5 Å². The molecule has 1 heterocycles. The summed E-state index contributed by atoms with van der Waals surface area (Å²) in [5.41, 5.74) is 0.780. The van der Waals surface area contributed by atoms with E-state index in [0.29, 0.717) is 17.7 Å². The van der Waals surface area contributed by atoms with Crippen LogP contribution in [0.3, 0.4) is 0 Å². The van der Waals surface area contributed by atoms with Crippen LogP contribution in [0.5, 0.6) is 5.75 Å². The summed E-state index contributed by atoms with van der Waals surface area (Å²) in [6.45, 7) is 11.1. The van der Waals surface area contributed by atoms with Crippen LogP contribution >= 0.6 is 0 Å². The zero-order chi connectivity index (χ0) is 21.2. The van der Waals surface area contributed by atoms with Crippen LogP contribution in [0.1, 0.15) is 58.4 Å². The number of nitrogens with zero attached hydrogens (tertiary/aromatic N) is 1. The number of ether oxygens (including phenoxy) is 3. The Morgan fingerprint density at radius 2 is 1.90 bits per heavy atom.